The van der Waals surface area contributed by atoms with E-state index in [1.54, 1.807) is 0 Å². The number of nitrogens with one attached hydrogen (secondary N) is 2. The molecule has 0 bridgehead atoms. The van der Waals surface area contributed by atoms with Gasteiger partial charge in [-0.15, -0.1) is 10.2 Å². The molecule has 1 aromatic heterocycles. The number of nitrogens with zero attached hydrogens (tertiary/aromatic N) is 2. The predicted molar refractivity (Wildman–Crippen MR) is 106 cm³/mol. The largest absolute Gasteiger partial charge is 0.376 e. The monoisotopic (exact) mass is 412 g/mol. The van der Waals surface area contributed by atoms with E-state index < -0.39 is 0 Å². The molecule has 0 spiro atoms. The number of benzene rings is 1. The number of aromatic nitrogens is 2. The van der Waals surface area contributed by atoms with E-state index in [0.29, 0.717) is 12.3 Å². The number of rotatable bonds is 9. The first-order valence-electron chi connectivity index (χ1n) is 8.52. The summed E-state index contributed by atoms with van der Waals surface area (Å²) in [6.45, 7) is 2.20. The van der Waals surface area contributed by atoms with Gasteiger partial charge in [0.1, 0.15) is 0 Å². The van der Waals surface area contributed by atoms with Crippen molar-refractivity contribution in [1.82, 2.24) is 15.5 Å². The van der Waals surface area contributed by atoms with Gasteiger partial charge >= 0.3 is 0 Å². The molecule has 2 N–H and O–H groups in total. The molecule has 2 aromatic rings. The Balaban J connectivity index is 1.31. The third-order valence-corrected chi connectivity index (χ3v) is 6.15. The Morgan fingerprint density at radius 2 is 2.19 bits per heavy atom. The average molecular weight is 413 g/mol. The number of thioether (sulfide) groups is 1. The van der Waals surface area contributed by atoms with E-state index in [4.69, 9.17) is 16.3 Å². The summed E-state index contributed by atoms with van der Waals surface area (Å²) in [4.78, 5) is 11.9. The standard InChI is InChI=1S/C17H21ClN4O2S2/c18-13-5-3-12(4-6-13)7-8-19-15(23)11-25-17-22-21-16(26-17)20-10-14-2-1-9-24-14/h3-6,14H,1-2,7-11H2,(H,19,23)(H,20,21)/t14-/m1/s1. The Morgan fingerprint density at radius 3 is 2.96 bits per heavy atom. The minimum Gasteiger partial charge on any atom is -0.376 e. The van der Waals surface area contributed by atoms with Crippen LogP contribution < -0.4 is 10.6 Å². The molecule has 0 aliphatic carbocycles. The summed E-state index contributed by atoms with van der Waals surface area (Å²) in [6, 6.07) is 7.65. The molecule has 1 atom stereocenters. The van der Waals surface area contributed by atoms with Gasteiger partial charge in [-0.2, -0.15) is 0 Å². The summed E-state index contributed by atoms with van der Waals surface area (Å²) in [5.41, 5.74) is 1.15. The van der Waals surface area contributed by atoms with Crippen LogP contribution >= 0.6 is 34.7 Å². The van der Waals surface area contributed by atoms with Crippen LogP contribution in [0.5, 0.6) is 0 Å². The Labute approximate surface area is 166 Å². The van der Waals surface area contributed by atoms with E-state index >= 15 is 0 Å². The Hall–Kier alpha value is -1.35. The first-order chi connectivity index (χ1) is 12.7. The lowest BCUT2D eigenvalue weighted by Gasteiger charge is -2.08. The van der Waals surface area contributed by atoms with Gasteiger partial charge < -0.3 is 15.4 Å². The number of hydrogen-bond acceptors (Lipinski definition) is 7. The highest BCUT2D eigenvalue weighted by Crippen LogP contribution is 2.25. The number of hydrogen-bond donors (Lipinski definition) is 2. The predicted octanol–water partition coefficient (Wildman–Crippen LogP) is 3.23. The van der Waals surface area contributed by atoms with Crippen LogP contribution in [-0.4, -0.2) is 47.7 Å². The molecule has 1 saturated heterocycles. The number of carbonyl (C=O) groups is 1. The summed E-state index contributed by atoms with van der Waals surface area (Å²) in [5.74, 6) is 0.328. The van der Waals surface area contributed by atoms with Crippen molar-refractivity contribution in [3.05, 3.63) is 34.9 Å². The average Bonchev–Trinajstić information content (AvgIpc) is 3.31. The Bertz CT molecular complexity index is 705. The molecular formula is C17H21ClN4O2S2. The maximum absolute atomic E-state index is 11.9. The molecule has 26 heavy (non-hydrogen) atoms. The normalized spacial score (nSPS) is 16.6. The molecule has 1 fully saturated rings. The maximum atomic E-state index is 11.9. The molecule has 1 aromatic carbocycles. The highest BCUT2D eigenvalue weighted by molar-refractivity contribution is 8.01. The highest BCUT2D eigenvalue weighted by Gasteiger charge is 2.16. The summed E-state index contributed by atoms with van der Waals surface area (Å²) in [7, 11) is 0. The van der Waals surface area contributed by atoms with Gasteiger partial charge in [0, 0.05) is 24.7 Å². The Kier molecular flexibility index (Phi) is 7.55. The van der Waals surface area contributed by atoms with Crippen molar-refractivity contribution in [2.75, 3.05) is 30.8 Å². The van der Waals surface area contributed by atoms with Crippen molar-refractivity contribution in [1.29, 1.82) is 0 Å². The molecule has 2 heterocycles. The van der Waals surface area contributed by atoms with Crippen LogP contribution in [0.4, 0.5) is 5.13 Å². The van der Waals surface area contributed by atoms with E-state index in [1.807, 2.05) is 24.3 Å². The third kappa shape index (κ3) is 6.42. The van der Waals surface area contributed by atoms with Gasteiger partial charge in [-0.25, -0.2) is 0 Å². The Morgan fingerprint density at radius 1 is 1.35 bits per heavy atom. The lowest BCUT2D eigenvalue weighted by Crippen LogP contribution is -2.27. The second kappa shape index (κ2) is 10.1. The SMILES string of the molecule is O=C(CSc1nnc(NC[C@H]2CCCO2)s1)NCCc1ccc(Cl)cc1. The van der Waals surface area contributed by atoms with Crippen LogP contribution in [0, 0.1) is 0 Å². The number of carbonyl (C=O) groups excluding carboxylic acids is 1. The van der Waals surface area contributed by atoms with E-state index in [-0.39, 0.29) is 12.0 Å². The zero-order valence-corrected chi connectivity index (χ0v) is 16.6. The zero-order chi connectivity index (χ0) is 18.2. The lowest BCUT2D eigenvalue weighted by atomic mass is 10.1. The van der Waals surface area contributed by atoms with Crippen LogP contribution in [0.1, 0.15) is 18.4 Å². The first kappa shape index (κ1) is 19.4. The number of ether oxygens (including phenoxy) is 1. The topological polar surface area (TPSA) is 76.1 Å². The minimum absolute atomic E-state index is 0.00646. The molecule has 9 heteroatoms. The molecule has 0 radical (unpaired) electrons. The van der Waals surface area contributed by atoms with Crippen LogP contribution in [0.15, 0.2) is 28.6 Å². The van der Waals surface area contributed by atoms with Crippen molar-refractivity contribution in [3.63, 3.8) is 0 Å². The van der Waals surface area contributed by atoms with E-state index in [9.17, 15) is 4.79 Å². The van der Waals surface area contributed by atoms with Crippen molar-refractivity contribution in [2.24, 2.45) is 0 Å². The summed E-state index contributed by atoms with van der Waals surface area (Å²) >= 11 is 8.72. The molecule has 1 aliphatic rings. The lowest BCUT2D eigenvalue weighted by molar-refractivity contribution is -0.118. The van der Waals surface area contributed by atoms with Crippen molar-refractivity contribution in [2.45, 2.75) is 29.7 Å². The van der Waals surface area contributed by atoms with E-state index in [1.165, 1.54) is 23.1 Å². The van der Waals surface area contributed by atoms with Gasteiger partial charge in [0.25, 0.3) is 0 Å². The van der Waals surface area contributed by atoms with E-state index in [2.05, 4.69) is 20.8 Å². The third-order valence-electron chi connectivity index (χ3n) is 3.89. The van der Waals surface area contributed by atoms with Crippen LogP contribution in [-0.2, 0) is 16.0 Å². The molecule has 0 saturated carbocycles. The van der Waals surface area contributed by atoms with Gasteiger partial charge in [0.15, 0.2) is 4.34 Å². The van der Waals surface area contributed by atoms with Crippen molar-refractivity contribution in [3.8, 4) is 0 Å². The molecule has 140 valence electrons. The summed E-state index contributed by atoms with van der Waals surface area (Å²) in [5, 5.41) is 15.9. The van der Waals surface area contributed by atoms with Gasteiger partial charge in [0.2, 0.25) is 11.0 Å². The van der Waals surface area contributed by atoms with Crippen molar-refractivity contribution >= 4 is 45.7 Å². The van der Waals surface area contributed by atoms with Crippen LogP contribution in [0.3, 0.4) is 0 Å². The summed E-state index contributed by atoms with van der Waals surface area (Å²) < 4.78 is 6.35. The second-order valence-electron chi connectivity index (χ2n) is 5.90. The van der Waals surface area contributed by atoms with E-state index in [0.717, 1.165) is 52.5 Å². The fourth-order valence-corrected chi connectivity index (χ4v) is 4.24. The number of amides is 1. The molecule has 6 nitrogen and oxygen atoms in total. The summed E-state index contributed by atoms with van der Waals surface area (Å²) in [6.07, 6.45) is 3.26. The van der Waals surface area contributed by atoms with Crippen LogP contribution in [0.2, 0.25) is 5.02 Å². The van der Waals surface area contributed by atoms with Gasteiger partial charge in [-0.05, 0) is 37.0 Å². The molecule has 1 aliphatic heterocycles. The fourth-order valence-electron chi connectivity index (χ4n) is 2.52. The minimum atomic E-state index is -0.00646. The molecule has 0 unspecified atom stereocenters. The maximum Gasteiger partial charge on any atom is 0.230 e. The van der Waals surface area contributed by atoms with Crippen molar-refractivity contribution < 1.29 is 9.53 Å². The fraction of sp³-hybridized carbons (Fsp3) is 0.471. The van der Waals surface area contributed by atoms with Gasteiger partial charge in [0.05, 0.1) is 11.9 Å². The smallest absolute Gasteiger partial charge is 0.230 e. The second-order valence-corrected chi connectivity index (χ2v) is 8.54. The highest BCUT2D eigenvalue weighted by atomic mass is 35.5. The number of halogens is 1. The van der Waals surface area contributed by atoms with Crippen LogP contribution in [0.25, 0.3) is 0 Å². The molecule has 3 rings (SSSR count). The first-order valence-corrected chi connectivity index (χ1v) is 10.7. The molecule has 1 amide bonds. The number of anilines is 1. The molecular weight excluding hydrogens is 392 g/mol. The zero-order valence-electron chi connectivity index (χ0n) is 14.2. The van der Waals surface area contributed by atoms with Gasteiger partial charge in [-0.3, -0.25) is 4.79 Å². The quantitative estimate of drug-likeness (QED) is 0.616. The van der Waals surface area contributed by atoms with Gasteiger partial charge in [-0.1, -0.05) is 46.8 Å².